The Morgan fingerprint density at radius 3 is 2.95 bits per heavy atom. The average Bonchev–Trinajstić information content (AvgIpc) is 3.06. The number of hydrogen-bond donors (Lipinski definition) is 1. The number of thiophene rings is 1. The molecule has 110 valence electrons. The van der Waals surface area contributed by atoms with E-state index in [0.29, 0.717) is 19.6 Å². The molecule has 2 heterocycles. The van der Waals surface area contributed by atoms with Crippen molar-refractivity contribution in [3.05, 3.63) is 34.0 Å². The molecule has 0 unspecified atom stereocenters. The largest absolute Gasteiger partial charge is 0.364 e. The molecule has 2 atom stereocenters. The highest BCUT2D eigenvalue weighted by molar-refractivity contribution is 7.16. The normalized spacial score (nSPS) is 21.9. The molecule has 2 rings (SSSR count). The molecule has 0 saturated carbocycles. The SMILES string of the molecule is C=CCN(Cc1ccc(Cl)s1)C(=O)[C@@H]1CC[C@H](CN)O1. The Morgan fingerprint density at radius 1 is 1.60 bits per heavy atom. The summed E-state index contributed by atoms with van der Waals surface area (Å²) in [5.74, 6) is 0.00497. The van der Waals surface area contributed by atoms with Crippen LogP contribution < -0.4 is 5.73 Å². The Kier molecular flexibility index (Phi) is 5.60. The Balaban J connectivity index is 2.00. The van der Waals surface area contributed by atoms with Crippen molar-refractivity contribution in [2.75, 3.05) is 13.1 Å². The summed E-state index contributed by atoms with van der Waals surface area (Å²) in [5.41, 5.74) is 5.58. The number of nitrogens with two attached hydrogens (primary N) is 1. The molecular weight excluding hydrogens is 296 g/mol. The van der Waals surface area contributed by atoms with Crippen LogP contribution in [-0.2, 0) is 16.1 Å². The predicted octanol–water partition coefficient (Wildman–Crippen LogP) is 2.42. The highest BCUT2D eigenvalue weighted by Gasteiger charge is 2.32. The lowest BCUT2D eigenvalue weighted by Gasteiger charge is -2.24. The Morgan fingerprint density at radius 2 is 2.40 bits per heavy atom. The molecule has 0 bridgehead atoms. The summed E-state index contributed by atoms with van der Waals surface area (Å²) in [7, 11) is 0. The van der Waals surface area contributed by atoms with E-state index < -0.39 is 0 Å². The van der Waals surface area contributed by atoms with Gasteiger partial charge in [-0.1, -0.05) is 17.7 Å². The number of ether oxygens (including phenoxy) is 1. The summed E-state index contributed by atoms with van der Waals surface area (Å²) >= 11 is 7.41. The Bertz CT molecular complexity index is 477. The maximum Gasteiger partial charge on any atom is 0.252 e. The van der Waals surface area contributed by atoms with Crippen LogP contribution in [0, 0.1) is 0 Å². The fourth-order valence-corrected chi connectivity index (χ4v) is 3.38. The third-order valence-electron chi connectivity index (χ3n) is 3.28. The van der Waals surface area contributed by atoms with Crippen LogP contribution in [0.25, 0.3) is 0 Å². The lowest BCUT2D eigenvalue weighted by molar-refractivity contribution is -0.142. The predicted molar refractivity (Wildman–Crippen MR) is 81.9 cm³/mol. The van der Waals surface area contributed by atoms with E-state index in [9.17, 15) is 4.79 Å². The zero-order chi connectivity index (χ0) is 14.5. The van der Waals surface area contributed by atoms with Crippen LogP contribution in [0.5, 0.6) is 0 Å². The zero-order valence-electron chi connectivity index (χ0n) is 11.3. The lowest BCUT2D eigenvalue weighted by Crippen LogP contribution is -2.39. The molecule has 0 aromatic carbocycles. The highest BCUT2D eigenvalue weighted by Crippen LogP contribution is 2.25. The molecule has 1 aliphatic rings. The molecule has 0 spiro atoms. The maximum atomic E-state index is 12.5. The average molecular weight is 315 g/mol. The molecule has 1 fully saturated rings. The van der Waals surface area contributed by atoms with Gasteiger partial charge in [-0.25, -0.2) is 0 Å². The van der Waals surface area contributed by atoms with Crippen LogP contribution in [0.1, 0.15) is 17.7 Å². The van der Waals surface area contributed by atoms with Gasteiger partial charge < -0.3 is 15.4 Å². The van der Waals surface area contributed by atoms with Crippen LogP contribution in [0.3, 0.4) is 0 Å². The van der Waals surface area contributed by atoms with Crippen molar-refractivity contribution in [1.29, 1.82) is 0 Å². The van der Waals surface area contributed by atoms with Crippen LogP contribution in [0.2, 0.25) is 4.34 Å². The van der Waals surface area contributed by atoms with Crippen LogP contribution >= 0.6 is 22.9 Å². The van der Waals surface area contributed by atoms with E-state index in [1.807, 2.05) is 12.1 Å². The van der Waals surface area contributed by atoms with Crippen molar-refractivity contribution < 1.29 is 9.53 Å². The lowest BCUT2D eigenvalue weighted by atomic mass is 10.1. The standard InChI is InChI=1S/C14H19ClN2O2S/c1-2-7-17(9-11-4-6-13(15)20-11)14(18)12-5-3-10(8-16)19-12/h2,4,6,10,12H,1,3,5,7-9,16H2/t10-,12+/m1/s1. The number of nitrogens with zero attached hydrogens (tertiary/aromatic N) is 1. The minimum Gasteiger partial charge on any atom is -0.364 e. The number of amides is 1. The van der Waals surface area contributed by atoms with E-state index in [2.05, 4.69) is 6.58 Å². The fraction of sp³-hybridized carbons (Fsp3) is 0.500. The first kappa shape index (κ1) is 15.5. The fourth-order valence-electron chi connectivity index (χ4n) is 2.28. The molecule has 20 heavy (non-hydrogen) atoms. The molecule has 1 amide bonds. The number of rotatable bonds is 6. The summed E-state index contributed by atoms with van der Waals surface area (Å²) in [4.78, 5) is 15.3. The van der Waals surface area contributed by atoms with Gasteiger partial charge in [0.05, 0.1) is 17.0 Å². The van der Waals surface area contributed by atoms with E-state index in [4.69, 9.17) is 22.1 Å². The first-order valence-corrected chi connectivity index (χ1v) is 7.83. The van der Waals surface area contributed by atoms with Gasteiger partial charge in [-0.2, -0.15) is 0 Å². The van der Waals surface area contributed by atoms with E-state index in [1.54, 1.807) is 11.0 Å². The topological polar surface area (TPSA) is 55.6 Å². The van der Waals surface area contributed by atoms with E-state index >= 15 is 0 Å². The van der Waals surface area contributed by atoms with Gasteiger partial charge >= 0.3 is 0 Å². The van der Waals surface area contributed by atoms with Crippen LogP contribution in [0.4, 0.5) is 0 Å². The summed E-state index contributed by atoms with van der Waals surface area (Å²) in [6.45, 7) is 5.21. The van der Waals surface area contributed by atoms with Gasteiger partial charge in [0.15, 0.2) is 0 Å². The minimum atomic E-state index is -0.376. The van der Waals surface area contributed by atoms with Crippen molar-refractivity contribution in [3.8, 4) is 0 Å². The van der Waals surface area contributed by atoms with Crippen LogP contribution in [-0.4, -0.2) is 36.1 Å². The van der Waals surface area contributed by atoms with Gasteiger partial charge in [0, 0.05) is 18.0 Å². The van der Waals surface area contributed by atoms with Gasteiger partial charge in [-0.15, -0.1) is 17.9 Å². The summed E-state index contributed by atoms with van der Waals surface area (Å²) < 4.78 is 6.40. The smallest absolute Gasteiger partial charge is 0.252 e. The molecule has 1 aromatic rings. The molecular formula is C14H19ClN2O2S. The zero-order valence-corrected chi connectivity index (χ0v) is 12.8. The van der Waals surface area contributed by atoms with E-state index in [-0.39, 0.29) is 18.1 Å². The van der Waals surface area contributed by atoms with Gasteiger partial charge in [-0.3, -0.25) is 4.79 Å². The quantitative estimate of drug-likeness (QED) is 0.820. The second-order valence-corrected chi connectivity index (χ2v) is 6.57. The van der Waals surface area contributed by atoms with E-state index in [1.165, 1.54) is 11.3 Å². The first-order valence-electron chi connectivity index (χ1n) is 6.63. The molecule has 0 radical (unpaired) electrons. The molecule has 0 aliphatic carbocycles. The first-order chi connectivity index (χ1) is 9.63. The molecule has 1 aliphatic heterocycles. The number of halogens is 1. The summed E-state index contributed by atoms with van der Waals surface area (Å²) in [6, 6.07) is 3.78. The third-order valence-corrected chi connectivity index (χ3v) is 4.50. The highest BCUT2D eigenvalue weighted by atomic mass is 35.5. The van der Waals surface area contributed by atoms with Crippen molar-refractivity contribution in [1.82, 2.24) is 4.90 Å². The number of hydrogen-bond acceptors (Lipinski definition) is 4. The summed E-state index contributed by atoms with van der Waals surface area (Å²) in [5, 5.41) is 0. The maximum absolute atomic E-state index is 12.5. The molecule has 6 heteroatoms. The van der Waals surface area contributed by atoms with Crippen LogP contribution in [0.15, 0.2) is 24.8 Å². The van der Waals surface area contributed by atoms with Gasteiger partial charge in [0.25, 0.3) is 5.91 Å². The molecule has 1 saturated heterocycles. The van der Waals surface area contributed by atoms with Crippen molar-refractivity contribution in [2.45, 2.75) is 31.6 Å². The minimum absolute atomic E-state index is 0.00497. The molecule has 4 nitrogen and oxygen atoms in total. The van der Waals surface area contributed by atoms with Crippen molar-refractivity contribution in [3.63, 3.8) is 0 Å². The molecule has 1 aromatic heterocycles. The number of carbonyl (C=O) groups is 1. The van der Waals surface area contributed by atoms with Gasteiger partial charge in [0.2, 0.25) is 0 Å². The monoisotopic (exact) mass is 314 g/mol. The second kappa shape index (κ2) is 7.22. The van der Waals surface area contributed by atoms with Gasteiger partial charge in [-0.05, 0) is 25.0 Å². The molecule has 2 N–H and O–H groups in total. The second-order valence-electron chi connectivity index (χ2n) is 4.77. The van der Waals surface area contributed by atoms with E-state index in [0.717, 1.165) is 22.1 Å². The van der Waals surface area contributed by atoms with Crippen molar-refractivity contribution in [2.24, 2.45) is 5.73 Å². The number of carbonyl (C=O) groups excluding carboxylic acids is 1. The van der Waals surface area contributed by atoms with Crippen molar-refractivity contribution >= 4 is 28.8 Å². The Labute approximate surface area is 128 Å². The third kappa shape index (κ3) is 3.82. The summed E-state index contributed by atoms with van der Waals surface area (Å²) in [6.07, 6.45) is 2.94. The Hall–Kier alpha value is -0.880. The van der Waals surface area contributed by atoms with Gasteiger partial charge in [0.1, 0.15) is 6.10 Å².